The number of anilines is 1. The van der Waals surface area contributed by atoms with Crippen LogP contribution in [0.5, 0.6) is 0 Å². The lowest BCUT2D eigenvalue weighted by Gasteiger charge is -2.14. The van der Waals surface area contributed by atoms with Gasteiger partial charge in [-0.3, -0.25) is 0 Å². The first-order valence-electron chi connectivity index (χ1n) is 6.55. The van der Waals surface area contributed by atoms with E-state index < -0.39 is 17.7 Å². The number of rotatable bonds is 6. The number of hydrogen-bond acceptors (Lipinski definition) is 3. The monoisotopic (exact) mass is 293 g/mol. The molecule has 1 unspecified atom stereocenters. The van der Waals surface area contributed by atoms with Gasteiger partial charge in [-0.1, -0.05) is 18.2 Å². The maximum Gasteiger partial charge on any atom is 0.159 e. The first kappa shape index (κ1) is 15.4. The van der Waals surface area contributed by atoms with Gasteiger partial charge in [-0.25, -0.2) is 8.78 Å². The minimum atomic E-state index is -0.964. The molecule has 112 valence electrons. The molecule has 5 heteroatoms. The van der Waals surface area contributed by atoms with Crippen LogP contribution in [0.15, 0.2) is 42.5 Å². The number of halogens is 2. The Morgan fingerprint density at radius 3 is 2.67 bits per heavy atom. The van der Waals surface area contributed by atoms with E-state index in [4.69, 9.17) is 4.74 Å². The number of ether oxygens (including phenoxy) is 1. The first-order valence-corrected chi connectivity index (χ1v) is 6.55. The fraction of sp³-hybridized carbons (Fsp3) is 0.250. The van der Waals surface area contributed by atoms with E-state index >= 15 is 0 Å². The van der Waals surface area contributed by atoms with Crippen molar-refractivity contribution in [1.82, 2.24) is 0 Å². The Morgan fingerprint density at radius 2 is 1.95 bits per heavy atom. The molecule has 2 aromatic rings. The van der Waals surface area contributed by atoms with Crippen molar-refractivity contribution in [3.63, 3.8) is 0 Å². The molecule has 0 aliphatic carbocycles. The first-order chi connectivity index (χ1) is 10.1. The maximum atomic E-state index is 13.1. The Hall–Kier alpha value is -1.98. The smallest absolute Gasteiger partial charge is 0.159 e. The number of methoxy groups -OCH3 is 1. The number of aliphatic hydroxyl groups is 1. The molecule has 2 aromatic carbocycles. The van der Waals surface area contributed by atoms with Crippen molar-refractivity contribution in [1.29, 1.82) is 0 Å². The summed E-state index contributed by atoms with van der Waals surface area (Å²) in [5.41, 5.74) is 2.16. The third-order valence-corrected chi connectivity index (χ3v) is 3.07. The summed E-state index contributed by atoms with van der Waals surface area (Å²) in [6.07, 6.45) is -0.925. The van der Waals surface area contributed by atoms with Crippen molar-refractivity contribution in [3.8, 4) is 0 Å². The molecule has 0 saturated carbocycles. The van der Waals surface area contributed by atoms with Gasteiger partial charge in [0.05, 0.1) is 12.7 Å². The highest BCUT2D eigenvalue weighted by Gasteiger charge is 2.10. The average molecular weight is 293 g/mol. The number of benzene rings is 2. The van der Waals surface area contributed by atoms with Gasteiger partial charge in [0.2, 0.25) is 0 Å². The summed E-state index contributed by atoms with van der Waals surface area (Å²) in [7, 11) is 1.62. The fourth-order valence-electron chi connectivity index (χ4n) is 1.99. The van der Waals surface area contributed by atoms with Gasteiger partial charge in [0, 0.05) is 19.3 Å². The van der Waals surface area contributed by atoms with Crippen molar-refractivity contribution < 1.29 is 18.6 Å². The maximum absolute atomic E-state index is 13.1. The van der Waals surface area contributed by atoms with Gasteiger partial charge in [0.1, 0.15) is 0 Å². The van der Waals surface area contributed by atoms with Crippen LogP contribution < -0.4 is 5.32 Å². The lowest BCUT2D eigenvalue weighted by molar-refractivity contribution is 0.185. The van der Waals surface area contributed by atoms with Gasteiger partial charge in [-0.15, -0.1) is 0 Å². The molecule has 2 rings (SSSR count). The summed E-state index contributed by atoms with van der Waals surface area (Å²) < 4.78 is 31.0. The van der Waals surface area contributed by atoms with Crippen LogP contribution in [-0.2, 0) is 11.3 Å². The highest BCUT2D eigenvalue weighted by Crippen LogP contribution is 2.18. The molecule has 2 N–H and O–H groups in total. The van der Waals surface area contributed by atoms with E-state index in [0.29, 0.717) is 12.2 Å². The van der Waals surface area contributed by atoms with Gasteiger partial charge < -0.3 is 15.2 Å². The average Bonchev–Trinajstić information content (AvgIpc) is 2.48. The van der Waals surface area contributed by atoms with Crippen LogP contribution in [0.25, 0.3) is 0 Å². The summed E-state index contributed by atoms with van der Waals surface area (Å²) in [4.78, 5) is 0. The highest BCUT2D eigenvalue weighted by molar-refractivity contribution is 5.46. The molecule has 0 radical (unpaired) electrons. The van der Waals surface area contributed by atoms with E-state index in [-0.39, 0.29) is 6.54 Å². The second kappa shape index (κ2) is 7.15. The van der Waals surface area contributed by atoms with Crippen molar-refractivity contribution in [3.05, 3.63) is 65.2 Å². The normalized spacial score (nSPS) is 12.2. The van der Waals surface area contributed by atoms with Crippen LogP contribution in [0.4, 0.5) is 14.5 Å². The van der Waals surface area contributed by atoms with E-state index in [9.17, 15) is 13.9 Å². The standard InChI is InChI=1S/C16H17F2NO2/c1-21-10-11-3-2-4-13(7-11)19-9-16(20)12-5-6-14(17)15(18)8-12/h2-8,16,19-20H,9-10H2,1H3. The molecular weight excluding hydrogens is 276 g/mol. The molecule has 0 aliphatic rings. The van der Waals surface area contributed by atoms with Crippen LogP contribution in [0.3, 0.4) is 0 Å². The lowest BCUT2D eigenvalue weighted by atomic mass is 10.1. The second-order valence-electron chi connectivity index (χ2n) is 4.70. The molecule has 0 saturated heterocycles. The topological polar surface area (TPSA) is 41.5 Å². The Balaban J connectivity index is 1.98. The van der Waals surface area contributed by atoms with Crippen molar-refractivity contribution in [2.75, 3.05) is 19.0 Å². The number of nitrogens with one attached hydrogen (secondary N) is 1. The number of aliphatic hydroxyl groups excluding tert-OH is 1. The summed E-state index contributed by atoms with van der Waals surface area (Å²) in [6.45, 7) is 0.697. The van der Waals surface area contributed by atoms with Crippen LogP contribution in [0.2, 0.25) is 0 Å². The van der Waals surface area contributed by atoms with Crippen LogP contribution in [-0.4, -0.2) is 18.8 Å². The Labute approximate surface area is 122 Å². The van der Waals surface area contributed by atoms with Gasteiger partial charge in [-0.2, -0.15) is 0 Å². The highest BCUT2D eigenvalue weighted by atomic mass is 19.2. The molecule has 3 nitrogen and oxygen atoms in total. The Kier molecular flexibility index (Phi) is 5.25. The molecule has 0 fully saturated rings. The van der Waals surface area contributed by atoms with Crippen molar-refractivity contribution in [2.45, 2.75) is 12.7 Å². The molecule has 0 aromatic heterocycles. The van der Waals surface area contributed by atoms with E-state index in [0.717, 1.165) is 23.4 Å². The largest absolute Gasteiger partial charge is 0.387 e. The van der Waals surface area contributed by atoms with E-state index in [1.165, 1.54) is 6.07 Å². The molecule has 21 heavy (non-hydrogen) atoms. The zero-order chi connectivity index (χ0) is 15.2. The Morgan fingerprint density at radius 1 is 1.14 bits per heavy atom. The zero-order valence-corrected chi connectivity index (χ0v) is 11.6. The predicted octanol–water partition coefficient (Wildman–Crippen LogP) is 3.26. The Bertz CT molecular complexity index is 605. The summed E-state index contributed by atoms with van der Waals surface area (Å²) in [5.74, 6) is -1.89. The van der Waals surface area contributed by atoms with E-state index in [2.05, 4.69) is 5.32 Å². The minimum absolute atomic E-state index is 0.196. The zero-order valence-electron chi connectivity index (χ0n) is 11.6. The van der Waals surface area contributed by atoms with Crippen molar-refractivity contribution in [2.24, 2.45) is 0 Å². The van der Waals surface area contributed by atoms with Crippen LogP contribution in [0.1, 0.15) is 17.2 Å². The SMILES string of the molecule is COCc1cccc(NCC(O)c2ccc(F)c(F)c2)c1. The summed E-state index contributed by atoms with van der Waals surface area (Å²) in [5, 5.41) is 13.0. The van der Waals surface area contributed by atoms with Crippen LogP contribution >= 0.6 is 0 Å². The quantitative estimate of drug-likeness (QED) is 0.859. The molecule has 0 amide bonds. The summed E-state index contributed by atoms with van der Waals surface area (Å²) >= 11 is 0. The molecule has 1 atom stereocenters. The van der Waals surface area contributed by atoms with Crippen molar-refractivity contribution >= 4 is 5.69 Å². The van der Waals surface area contributed by atoms with Gasteiger partial charge in [0.25, 0.3) is 0 Å². The number of hydrogen-bond donors (Lipinski definition) is 2. The van der Waals surface area contributed by atoms with E-state index in [1.807, 2.05) is 24.3 Å². The van der Waals surface area contributed by atoms with Gasteiger partial charge in [0.15, 0.2) is 11.6 Å². The van der Waals surface area contributed by atoms with Gasteiger partial charge in [-0.05, 0) is 35.4 Å². The molecule has 0 heterocycles. The van der Waals surface area contributed by atoms with Gasteiger partial charge >= 0.3 is 0 Å². The van der Waals surface area contributed by atoms with Crippen LogP contribution in [0, 0.1) is 11.6 Å². The summed E-state index contributed by atoms with van der Waals surface area (Å²) in [6, 6.07) is 10.9. The minimum Gasteiger partial charge on any atom is -0.387 e. The molecule has 0 aliphatic heterocycles. The van der Waals surface area contributed by atoms with E-state index in [1.54, 1.807) is 7.11 Å². The molecular formula is C16H17F2NO2. The fourth-order valence-corrected chi connectivity index (χ4v) is 1.99. The predicted molar refractivity (Wildman–Crippen MR) is 77.0 cm³/mol. The lowest BCUT2D eigenvalue weighted by Crippen LogP contribution is -2.12. The second-order valence-corrected chi connectivity index (χ2v) is 4.70. The third-order valence-electron chi connectivity index (χ3n) is 3.07. The molecule has 0 bridgehead atoms. The molecule has 0 spiro atoms. The third kappa shape index (κ3) is 4.24.